The van der Waals surface area contributed by atoms with Crippen molar-refractivity contribution < 1.29 is 4.79 Å². The number of hydrogen-bond acceptors (Lipinski definition) is 3. The number of rotatable bonds is 8. The summed E-state index contributed by atoms with van der Waals surface area (Å²) in [6.45, 7) is 2.52. The Morgan fingerprint density at radius 2 is 2.05 bits per heavy atom. The lowest BCUT2D eigenvalue weighted by atomic mass is 10.1. The summed E-state index contributed by atoms with van der Waals surface area (Å²) in [6, 6.07) is 3.56. The van der Waals surface area contributed by atoms with Gasteiger partial charge < -0.3 is 11.1 Å². The Hall–Kier alpha value is -1.86. The molecular formula is C17H25N3O. The molecule has 1 heterocycles. The van der Waals surface area contributed by atoms with Gasteiger partial charge in [0.2, 0.25) is 5.91 Å². The number of anilines is 1. The maximum absolute atomic E-state index is 11.8. The maximum atomic E-state index is 11.8. The van der Waals surface area contributed by atoms with Crippen molar-refractivity contribution in [3.63, 3.8) is 0 Å². The van der Waals surface area contributed by atoms with E-state index in [9.17, 15) is 4.79 Å². The van der Waals surface area contributed by atoms with Crippen LogP contribution in [0.25, 0.3) is 0 Å². The number of carbonyl (C=O) groups excluding carboxylic acids is 1. The molecule has 0 atom stereocenters. The monoisotopic (exact) mass is 287 g/mol. The van der Waals surface area contributed by atoms with Crippen LogP contribution in [0.15, 0.2) is 18.3 Å². The zero-order valence-corrected chi connectivity index (χ0v) is 12.8. The molecule has 1 aromatic heterocycles. The minimum atomic E-state index is 0.0157. The molecule has 0 aromatic carbocycles. The average molecular weight is 287 g/mol. The Balaban J connectivity index is 2.31. The first-order valence-corrected chi connectivity index (χ1v) is 7.71. The zero-order chi connectivity index (χ0) is 15.3. The third-order valence-corrected chi connectivity index (χ3v) is 3.12. The molecule has 0 fully saturated rings. The van der Waals surface area contributed by atoms with Crippen molar-refractivity contribution in [2.75, 3.05) is 11.9 Å². The second-order valence-corrected chi connectivity index (χ2v) is 5.00. The Kier molecular flexibility index (Phi) is 8.90. The highest BCUT2D eigenvalue weighted by atomic mass is 16.1. The summed E-state index contributed by atoms with van der Waals surface area (Å²) in [5, 5.41) is 2.81. The van der Waals surface area contributed by atoms with Crippen molar-refractivity contribution in [2.45, 2.75) is 51.9 Å². The average Bonchev–Trinajstić information content (AvgIpc) is 2.49. The van der Waals surface area contributed by atoms with E-state index in [4.69, 9.17) is 5.73 Å². The van der Waals surface area contributed by atoms with Crippen LogP contribution in [0.4, 0.5) is 5.82 Å². The number of amides is 1. The third-order valence-electron chi connectivity index (χ3n) is 3.12. The first kappa shape index (κ1) is 17.2. The quantitative estimate of drug-likeness (QED) is 0.570. The van der Waals surface area contributed by atoms with E-state index >= 15 is 0 Å². The number of nitrogens with two attached hydrogens (primary N) is 1. The fourth-order valence-electron chi connectivity index (χ4n) is 2.00. The van der Waals surface area contributed by atoms with E-state index in [1.54, 1.807) is 18.3 Å². The highest BCUT2D eigenvalue weighted by molar-refractivity contribution is 5.89. The minimum absolute atomic E-state index is 0.0157. The van der Waals surface area contributed by atoms with Crippen LogP contribution in [-0.4, -0.2) is 17.4 Å². The molecule has 0 saturated carbocycles. The highest BCUT2D eigenvalue weighted by Crippen LogP contribution is 2.09. The molecule has 3 N–H and O–H groups in total. The van der Waals surface area contributed by atoms with Gasteiger partial charge in [0.05, 0.1) is 6.54 Å². The molecular weight excluding hydrogens is 262 g/mol. The molecule has 0 aliphatic rings. The summed E-state index contributed by atoms with van der Waals surface area (Å²) in [7, 11) is 0. The van der Waals surface area contributed by atoms with Gasteiger partial charge in [0.15, 0.2) is 0 Å². The number of pyridine rings is 1. The van der Waals surface area contributed by atoms with E-state index < -0.39 is 0 Å². The van der Waals surface area contributed by atoms with Crippen LogP contribution in [0.1, 0.15) is 57.4 Å². The van der Waals surface area contributed by atoms with E-state index in [-0.39, 0.29) is 5.91 Å². The molecule has 1 aromatic rings. The largest absolute Gasteiger partial charge is 0.320 e. The molecule has 0 radical (unpaired) electrons. The van der Waals surface area contributed by atoms with Crippen LogP contribution in [0.5, 0.6) is 0 Å². The van der Waals surface area contributed by atoms with Crippen molar-refractivity contribution >= 4 is 11.7 Å². The van der Waals surface area contributed by atoms with E-state index in [2.05, 4.69) is 29.1 Å². The van der Waals surface area contributed by atoms with Crippen LogP contribution in [0.2, 0.25) is 0 Å². The summed E-state index contributed by atoms with van der Waals surface area (Å²) in [4.78, 5) is 15.9. The Morgan fingerprint density at radius 3 is 2.81 bits per heavy atom. The van der Waals surface area contributed by atoms with Crippen molar-refractivity contribution in [3.8, 4) is 11.8 Å². The lowest BCUT2D eigenvalue weighted by Crippen LogP contribution is -2.12. The molecule has 0 aliphatic carbocycles. The van der Waals surface area contributed by atoms with Crippen LogP contribution in [0.3, 0.4) is 0 Å². The summed E-state index contributed by atoms with van der Waals surface area (Å²) in [5.41, 5.74) is 6.15. The summed E-state index contributed by atoms with van der Waals surface area (Å²) in [5.74, 6) is 6.27. The zero-order valence-electron chi connectivity index (χ0n) is 12.8. The Bertz CT molecular complexity index is 488. The van der Waals surface area contributed by atoms with Crippen molar-refractivity contribution in [3.05, 3.63) is 23.9 Å². The first-order chi connectivity index (χ1) is 10.3. The number of unbranched alkanes of at least 4 members (excludes halogenated alkanes) is 5. The van der Waals surface area contributed by atoms with Crippen molar-refractivity contribution in [1.82, 2.24) is 4.98 Å². The second-order valence-electron chi connectivity index (χ2n) is 5.00. The maximum Gasteiger partial charge on any atom is 0.225 e. The molecule has 0 unspecified atom stereocenters. The molecule has 0 saturated heterocycles. The molecule has 0 bridgehead atoms. The molecule has 4 heteroatoms. The summed E-state index contributed by atoms with van der Waals surface area (Å²) in [6.07, 6.45) is 9.24. The predicted molar refractivity (Wildman–Crippen MR) is 86.8 cm³/mol. The third kappa shape index (κ3) is 8.11. The number of nitrogens with one attached hydrogen (secondary N) is 1. The number of hydrogen-bond donors (Lipinski definition) is 2. The molecule has 0 spiro atoms. The lowest BCUT2D eigenvalue weighted by Gasteiger charge is -2.04. The van der Waals surface area contributed by atoms with Gasteiger partial charge in [-0.05, 0) is 18.6 Å². The van der Waals surface area contributed by atoms with E-state index in [0.29, 0.717) is 18.8 Å². The summed E-state index contributed by atoms with van der Waals surface area (Å²) >= 11 is 0. The van der Waals surface area contributed by atoms with E-state index in [1.165, 1.54) is 25.7 Å². The van der Waals surface area contributed by atoms with Gasteiger partial charge in [0.1, 0.15) is 5.82 Å². The van der Waals surface area contributed by atoms with E-state index in [1.807, 2.05) is 0 Å². The fraction of sp³-hybridized carbons (Fsp3) is 0.529. The SMILES string of the molecule is CCCCCCCCC(=O)Nc1cc(C#CCN)ccn1. The van der Waals surface area contributed by atoms with Gasteiger partial charge in [-0.2, -0.15) is 0 Å². The number of nitrogens with zero attached hydrogens (tertiary/aromatic N) is 1. The van der Waals surface area contributed by atoms with Crippen molar-refractivity contribution in [2.24, 2.45) is 5.73 Å². The van der Waals surface area contributed by atoms with Crippen LogP contribution >= 0.6 is 0 Å². The first-order valence-electron chi connectivity index (χ1n) is 7.71. The minimum Gasteiger partial charge on any atom is -0.320 e. The van der Waals surface area contributed by atoms with Crippen LogP contribution < -0.4 is 11.1 Å². The molecule has 4 nitrogen and oxygen atoms in total. The highest BCUT2D eigenvalue weighted by Gasteiger charge is 2.03. The molecule has 114 valence electrons. The normalized spacial score (nSPS) is 9.81. The molecule has 1 amide bonds. The van der Waals surface area contributed by atoms with Gasteiger partial charge in [-0.15, -0.1) is 0 Å². The molecule has 21 heavy (non-hydrogen) atoms. The smallest absolute Gasteiger partial charge is 0.225 e. The van der Waals surface area contributed by atoms with Gasteiger partial charge >= 0.3 is 0 Å². The van der Waals surface area contributed by atoms with Crippen LogP contribution in [0, 0.1) is 11.8 Å². The van der Waals surface area contributed by atoms with Gasteiger partial charge in [0.25, 0.3) is 0 Å². The van der Waals surface area contributed by atoms with Crippen molar-refractivity contribution in [1.29, 1.82) is 0 Å². The van der Waals surface area contributed by atoms with E-state index in [0.717, 1.165) is 18.4 Å². The van der Waals surface area contributed by atoms with Gasteiger partial charge in [-0.25, -0.2) is 4.98 Å². The summed E-state index contributed by atoms with van der Waals surface area (Å²) < 4.78 is 0. The topological polar surface area (TPSA) is 68.0 Å². The van der Waals surface area contributed by atoms with Crippen LogP contribution in [-0.2, 0) is 4.79 Å². The Morgan fingerprint density at radius 1 is 1.29 bits per heavy atom. The second kappa shape index (κ2) is 10.9. The molecule has 1 rings (SSSR count). The van der Waals surface area contributed by atoms with Gasteiger partial charge in [0, 0.05) is 18.2 Å². The standard InChI is InChI=1S/C17H25N3O/c1-2-3-4-5-6-7-10-17(21)20-16-14-15(9-8-12-18)11-13-19-16/h11,13-14H,2-7,10,12,18H2,1H3,(H,19,20,21). The fourth-order valence-corrected chi connectivity index (χ4v) is 2.00. The molecule has 0 aliphatic heterocycles. The number of aromatic nitrogens is 1. The lowest BCUT2D eigenvalue weighted by molar-refractivity contribution is -0.116. The van der Waals surface area contributed by atoms with Gasteiger partial charge in [-0.3, -0.25) is 4.79 Å². The number of carbonyl (C=O) groups is 1. The van der Waals surface area contributed by atoms with Gasteiger partial charge in [-0.1, -0.05) is 50.9 Å². The Labute approximate surface area is 127 Å². The predicted octanol–water partition coefficient (Wildman–Crippen LogP) is 3.08.